The first-order valence-corrected chi connectivity index (χ1v) is 4.46. The zero-order chi connectivity index (χ0) is 10.8. The summed E-state index contributed by atoms with van der Waals surface area (Å²) in [7, 11) is 1.65. The Bertz CT molecular complexity index is 505. The maximum absolute atomic E-state index is 13.4. The van der Waals surface area contributed by atoms with Gasteiger partial charge >= 0.3 is 0 Å². The first-order valence-electron chi connectivity index (χ1n) is 4.46. The minimum absolute atomic E-state index is 0.340. The van der Waals surface area contributed by atoms with Crippen LogP contribution in [0.25, 0.3) is 11.3 Å². The molecule has 0 aliphatic rings. The van der Waals surface area contributed by atoms with Crippen LogP contribution < -0.4 is 0 Å². The quantitative estimate of drug-likeness (QED) is 0.701. The number of aromatic nitrogens is 2. The van der Waals surface area contributed by atoms with Crippen LogP contribution in [0.5, 0.6) is 0 Å². The summed E-state index contributed by atoms with van der Waals surface area (Å²) in [6.07, 6.45) is 0.692. The molecule has 0 amide bonds. The van der Waals surface area contributed by atoms with Crippen molar-refractivity contribution >= 4 is 6.29 Å². The average Bonchev–Trinajstić information content (AvgIpc) is 2.60. The number of nitrogens with zero attached hydrogens (tertiary/aromatic N) is 2. The Hall–Kier alpha value is -1.97. The minimum Gasteiger partial charge on any atom is -0.296 e. The van der Waals surface area contributed by atoms with E-state index in [1.807, 2.05) is 0 Å². The fourth-order valence-corrected chi connectivity index (χ4v) is 1.39. The van der Waals surface area contributed by atoms with Gasteiger partial charge in [-0.1, -0.05) is 12.1 Å². The third kappa shape index (κ3) is 1.66. The van der Waals surface area contributed by atoms with E-state index in [0.29, 0.717) is 23.2 Å². The van der Waals surface area contributed by atoms with Crippen LogP contribution in [-0.2, 0) is 7.05 Å². The number of carbonyl (C=O) groups is 1. The number of rotatable bonds is 2. The molecule has 0 N–H and O–H groups in total. The molecule has 0 atom stereocenters. The normalized spacial score (nSPS) is 10.3. The maximum Gasteiger partial charge on any atom is 0.168 e. The molecule has 0 saturated heterocycles. The van der Waals surface area contributed by atoms with Gasteiger partial charge in [0.2, 0.25) is 0 Å². The number of benzene rings is 1. The van der Waals surface area contributed by atoms with Crippen LogP contribution in [-0.4, -0.2) is 16.1 Å². The fraction of sp³-hybridized carbons (Fsp3) is 0.0909. The van der Waals surface area contributed by atoms with E-state index >= 15 is 0 Å². The SMILES string of the molecule is Cn1nc(-c2ccccc2F)cc1C=O. The number of halogens is 1. The number of carbonyl (C=O) groups excluding carboxylic acids is 1. The Balaban J connectivity index is 2.55. The standard InChI is InChI=1S/C11H9FN2O/c1-14-8(7-15)6-11(13-14)9-4-2-3-5-10(9)12/h2-7H,1H3. The molecule has 76 valence electrons. The largest absolute Gasteiger partial charge is 0.296 e. The molecule has 0 bridgehead atoms. The van der Waals surface area contributed by atoms with Gasteiger partial charge in [0, 0.05) is 12.6 Å². The van der Waals surface area contributed by atoms with Crippen LogP contribution in [0.2, 0.25) is 0 Å². The first kappa shape index (κ1) is 9.58. The zero-order valence-corrected chi connectivity index (χ0v) is 8.14. The van der Waals surface area contributed by atoms with Crippen molar-refractivity contribution in [3.8, 4) is 11.3 Å². The first-order chi connectivity index (χ1) is 7.22. The molecule has 0 aliphatic heterocycles. The molecule has 1 aromatic heterocycles. The van der Waals surface area contributed by atoms with E-state index in [4.69, 9.17) is 0 Å². The van der Waals surface area contributed by atoms with Crippen LogP contribution >= 0.6 is 0 Å². The lowest BCUT2D eigenvalue weighted by Crippen LogP contribution is -1.95. The second-order valence-electron chi connectivity index (χ2n) is 3.18. The molecule has 1 heterocycles. The van der Waals surface area contributed by atoms with Crippen LogP contribution in [0.15, 0.2) is 30.3 Å². The topological polar surface area (TPSA) is 34.9 Å². The van der Waals surface area contributed by atoms with Crippen LogP contribution in [0, 0.1) is 5.82 Å². The predicted octanol–water partition coefficient (Wildman–Crippen LogP) is 2.04. The number of aryl methyl sites for hydroxylation is 1. The third-order valence-corrected chi connectivity index (χ3v) is 2.19. The lowest BCUT2D eigenvalue weighted by atomic mass is 10.1. The predicted molar refractivity (Wildman–Crippen MR) is 54.0 cm³/mol. The monoisotopic (exact) mass is 204 g/mol. The molecule has 3 nitrogen and oxygen atoms in total. The molecule has 15 heavy (non-hydrogen) atoms. The minimum atomic E-state index is -0.340. The summed E-state index contributed by atoms with van der Waals surface area (Å²) in [6.45, 7) is 0. The fourth-order valence-electron chi connectivity index (χ4n) is 1.39. The third-order valence-electron chi connectivity index (χ3n) is 2.19. The van der Waals surface area contributed by atoms with Crippen molar-refractivity contribution in [3.05, 3.63) is 41.8 Å². The van der Waals surface area contributed by atoms with Gasteiger partial charge in [-0.15, -0.1) is 0 Å². The highest BCUT2D eigenvalue weighted by Crippen LogP contribution is 2.21. The van der Waals surface area contributed by atoms with Crippen molar-refractivity contribution in [2.45, 2.75) is 0 Å². The summed E-state index contributed by atoms with van der Waals surface area (Å²) in [4.78, 5) is 10.6. The van der Waals surface area contributed by atoms with Gasteiger partial charge in [-0.25, -0.2) is 4.39 Å². The summed E-state index contributed by atoms with van der Waals surface area (Å²) in [6, 6.07) is 7.90. The maximum atomic E-state index is 13.4. The molecule has 0 aliphatic carbocycles. The number of hydrogen-bond donors (Lipinski definition) is 0. The summed E-state index contributed by atoms with van der Waals surface area (Å²) >= 11 is 0. The van der Waals surface area contributed by atoms with Crippen molar-refractivity contribution in [3.63, 3.8) is 0 Å². The van der Waals surface area contributed by atoms with Crippen LogP contribution in [0.4, 0.5) is 4.39 Å². The molecular weight excluding hydrogens is 195 g/mol. The Labute approximate surface area is 86.2 Å². The molecule has 2 rings (SSSR count). The van der Waals surface area contributed by atoms with Gasteiger partial charge in [0.25, 0.3) is 0 Å². The van der Waals surface area contributed by atoms with Crippen molar-refractivity contribution in [2.24, 2.45) is 7.05 Å². The van der Waals surface area contributed by atoms with Gasteiger partial charge in [-0.2, -0.15) is 5.10 Å². The molecule has 0 fully saturated rings. The van der Waals surface area contributed by atoms with Gasteiger partial charge in [-0.05, 0) is 18.2 Å². The van der Waals surface area contributed by atoms with Gasteiger partial charge in [0.05, 0.1) is 5.69 Å². The lowest BCUT2D eigenvalue weighted by Gasteiger charge is -1.96. The van der Waals surface area contributed by atoms with Gasteiger partial charge in [0.15, 0.2) is 6.29 Å². The van der Waals surface area contributed by atoms with E-state index in [-0.39, 0.29) is 5.82 Å². The van der Waals surface area contributed by atoms with Crippen molar-refractivity contribution in [1.82, 2.24) is 9.78 Å². The molecule has 0 spiro atoms. The van der Waals surface area contributed by atoms with Gasteiger partial charge in [-0.3, -0.25) is 9.48 Å². The highest BCUT2D eigenvalue weighted by Gasteiger charge is 2.09. The molecule has 4 heteroatoms. The molecular formula is C11H9FN2O. The molecule has 0 unspecified atom stereocenters. The number of hydrogen-bond acceptors (Lipinski definition) is 2. The highest BCUT2D eigenvalue weighted by atomic mass is 19.1. The zero-order valence-electron chi connectivity index (χ0n) is 8.14. The van der Waals surface area contributed by atoms with E-state index in [2.05, 4.69) is 5.10 Å². The average molecular weight is 204 g/mol. The van der Waals surface area contributed by atoms with Crippen molar-refractivity contribution in [1.29, 1.82) is 0 Å². The summed E-state index contributed by atoms with van der Waals surface area (Å²) in [5.74, 6) is -0.340. The van der Waals surface area contributed by atoms with Gasteiger partial charge < -0.3 is 0 Å². The van der Waals surface area contributed by atoms with E-state index in [0.717, 1.165) is 0 Å². The van der Waals surface area contributed by atoms with Crippen LogP contribution in [0.1, 0.15) is 10.5 Å². The molecule has 0 radical (unpaired) electrons. The van der Waals surface area contributed by atoms with Crippen molar-refractivity contribution in [2.75, 3.05) is 0 Å². The molecule has 1 aromatic carbocycles. The van der Waals surface area contributed by atoms with E-state index in [1.165, 1.54) is 10.7 Å². The van der Waals surface area contributed by atoms with E-state index in [1.54, 1.807) is 31.3 Å². The summed E-state index contributed by atoms with van der Waals surface area (Å²) < 4.78 is 14.8. The lowest BCUT2D eigenvalue weighted by molar-refractivity contribution is 0.111. The Morgan fingerprint density at radius 1 is 1.40 bits per heavy atom. The summed E-state index contributed by atoms with van der Waals surface area (Å²) in [5, 5.41) is 4.06. The molecule has 2 aromatic rings. The van der Waals surface area contributed by atoms with Gasteiger partial charge in [0.1, 0.15) is 11.5 Å². The second kappa shape index (κ2) is 3.65. The van der Waals surface area contributed by atoms with Crippen molar-refractivity contribution < 1.29 is 9.18 Å². The molecule has 0 saturated carbocycles. The highest BCUT2D eigenvalue weighted by molar-refractivity contribution is 5.75. The Morgan fingerprint density at radius 2 is 2.13 bits per heavy atom. The van der Waals surface area contributed by atoms with E-state index in [9.17, 15) is 9.18 Å². The van der Waals surface area contributed by atoms with Crippen LogP contribution in [0.3, 0.4) is 0 Å². The summed E-state index contributed by atoms with van der Waals surface area (Å²) in [5.41, 5.74) is 1.30. The number of aldehydes is 1. The Morgan fingerprint density at radius 3 is 2.73 bits per heavy atom. The second-order valence-corrected chi connectivity index (χ2v) is 3.18. The van der Waals surface area contributed by atoms with E-state index < -0.39 is 0 Å². The Kier molecular flexibility index (Phi) is 2.33. The smallest absolute Gasteiger partial charge is 0.168 e.